The van der Waals surface area contributed by atoms with E-state index in [2.05, 4.69) is 4.98 Å². The number of ether oxygens (including phenoxy) is 1. The molecule has 0 bridgehead atoms. The topological polar surface area (TPSA) is 86.7 Å². The molecule has 0 amide bonds. The minimum absolute atomic E-state index is 0.0136. The summed E-state index contributed by atoms with van der Waals surface area (Å²) in [6.07, 6.45) is 6.10. The van der Waals surface area contributed by atoms with E-state index in [0.29, 0.717) is 22.1 Å². The number of hydrogen-bond donors (Lipinski definition) is 0. The Morgan fingerprint density at radius 1 is 1.03 bits per heavy atom. The van der Waals surface area contributed by atoms with Crippen LogP contribution in [-0.2, 0) is 4.79 Å². The number of rotatable bonds is 5. The van der Waals surface area contributed by atoms with Gasteiger partial charge in [-0.3, -0.25) is 14.5 Å². The van der Waals surface area contributed by atoms with E-state index >= 15 is 0 Å². The third kappa shape index (κ3) is 4.37. The number of imidazole rings is 1. The number of carbonyl (C=O) groups is 1. The lowest BCUT2D eigenvalue weighted by molar-refractivity contribution is -0.385. The molecule has 2 aromatic carbocycles. The summed E-state index contributed by atoms with van der Waals surface area (Å²) in [6, 6.07) is 16.9. The van der Waals surface area contributed by atoms with Gasteiger partial charge in [0, 0.05) is 28.9 Å². The summed E-state index contributed by atoms with van der Waals surface area (Å²) in [5, 5.41) is 11.5. The quantitative estimate of drug-likeness (QED) is 0.146. The van der Waals surface area contributed by atoms with Gasteiger partial charge in [0.1, 0.15) is 11.4 Å². The smallest absolute Gasteiger partial charge is 0.336 e. The van der Waals surface area contributed by atoms with Gasteiger partial charge >= 0.3 is 5.97 Å². The molecular formula is C22H14ClN3O4. The minimum Gasteiger partial charge on any atom is -0.423 e. The Balaban J connectivity index is 1.46. The molecule has 0 atom stereocenters. The van der Waals surface area contributed by atoms with Crippen molar-refractivity contribution in [1.29, 1.82) is 0 Å². The van der Waals surface area contributed by atoms with E-state index in [9.17, 15) is 14.9 Å². The lowest BCUT2D eigenvalue weighted by Gasteiger charge is -2.02. The normalized spacial score (nSPS) is 11.1. The maximum absolute atomic E-state index is 12.0. The fourth-order valence-corrected chi connectivity index (χ4v) is 2.94. The SMILES string of the molecule is O=C(/C=C/c1ccc(Cl)cc1)Oc1ccc(-c2cn3cc([N+](=O)[O-])ccc3n2)cc1. The average molecular weight is 420 g/mol. The highest BCUT2D eigenvalue weighted by atomic mass is 35.5. The number of hydrogen-bond acceptors (Lipinski definition) is 5. The summed E-state index contributed by atoms with van der Waals surface area (Å²) in [4.78, 5) is 26.9. The maximum atomic E-state index is 12.0. The van der Waals surface area contributed by atoms with Crippen molar-refractivity contribution < 1.29 is 14.5 Å². The lowest BCUT2D eigenvalue weighted by Crippen LogP contribution is -2.03. The fraction of sp³-hybridized carbons (Fsp3) is 0. The van der Waals surface area contributed by atoms with E-state index in [1.807, 2.05) is 0 Å². The first-order valence-electron chi connectivity index (χ1n) is 8.87. The van der Waals surface area contributed by atoms with Gasteiger partial charge in [0.2, 0.25) is 0 Å². The van der Waals surface area contributed by atoms with Gasteiger partial charge in [-0.15, -0.1) is 0 Å². The van der Waals surface area contributed by atoms with Crippen molar-refractivity contribution in [3.05, 3.63) is 99.8 Å². The molecule has 0 unspecified atom stereocenters. The van der Waals surface area contributed by atoms with Gasteiger partial charge in [0.25, 0.3) is 5.69 Å². The zero-order valence-corrected chi connectivity index (χ0v) is 16.2. The largest absolute Gasteiger partial charge is 0.423 e. The summed E-state index contributed by atoms with van der Waals surface area (Å²) >= 11 is 5.83. The Kier molecular flexibility index (Phi) is 5.28. The molecule has 0 radical (unpaired) electrons. The molecule has 148 valence electrons. The number of aromatic nitrogens is 2. The fourth-order valence-electron chi connectivity index (χ4n) is 2.81. The van der Waals surface area contributed by atoms with Gasteiger partial charge in [0.05, 0.1) is 16.8 Å². The lowest BCUT2D eigenvalue weighted by atomic mass is 10.1. The number of nitro groups is 1. The molecule has 30 heavy (non-hydrogen) atoms. The zero-order chi connectivity index (χ0) is 21.1. The van der Waals surface area contributed by atoms with E-state index < -0.39 is 10.9 Å². The third-order valence-electron chi connectivity index (χ3n) is 4.30. The minimum atomic E-state index is -0.502. The molecule has 0 aliphatic carbocycles. The van der Waals surface area contributed by atoms with Crippen LogP contribution in [0.5, 0.6) is 5.75 Å². The average Bonchev–Trinajstić information content (AvgIpc) is 3.17. The monoisotopic (exact) mass is 419 g/mol. The van der Waals surface area contributed by atoms with Gasteiger partial charge in [0.15, 0.2) is 0 Å². The molecule has 0 spiro atoms. The van der Waals surface area contributed by atoms with Crippen LogP contribution in [0, 0.1) is 10.1 Å². The van der Waals surface area contributed by atoms with Crippen molar-refractivity contribution in [1.82, 2.24) is 9.38 Å². The van der Waals surface area contributed by atoms with Crippen molar-refractivity contribution in [2.75, 3.05) is 0 Å². The second-order valence-corrected chi connectivity index (χ2v) is 6.80. The first-order chi connectivity index (χ1) is 14.5. The Hall–Kier alpha value is -3.97. The number of nitrogens with zero attached hydrogens (tertiary/aromatic N) is 3. The van der Waals surface area contributed by atoms with E-state index in [4.69, 9.17) is 16.3 Å². The van der Waals surface area contributed by atoms with Crippen LogP contribution in [0.2, 0.25) is 5.02 Å². The van der Waals surface area contributed by atoms with Gasteiger partial charge in [-0.1, -0.05) is 23.7 Å². The number of fused-ring (bicyclic) bond motifs is 1. The van der Waals surface area contributed by atoms with Crippen molar-refractivity contribution in [3.63, 3.8) is 0 Å². The summed E-state index contributed by atoms with van der Waals surface area (Å²) in [6.45, 7) is 0. The van der Waals surface area contributed by atoms with Crippen molar-refractivity contribution in [2.45, 2.75) is 0 Å². The van der Waals surface area contributed by atoms with E-state index in [1.165, 1.54) is 18.3 Å². The molecule has 2 aromatic heterocycles. The van der Waals surface area contributed by atoms with Gasteiger partial charge in [-0.2, -0.15) is 0 Å². The number of benzene rings is 2. The zero-order valence-electron chi connectivity index (χ0n) is 15.4. The summed E-state index contributed by atoms with van der Waals surface area (Å²) in [5.74, 6) is -0.110. The second-order valence-electron chi connectivity index (χ2n) is 6.37. The van der Waals surface area contributed by atoms with Crippen LogP contribution < -0.4 is 4.74 Å². The molecule has 4 aromatic rings. The highest BCUT2D eigenvalue weighted by molar-refractivity contribution is 6.30. The second kappa shape index (κ2) is 8.18. The molecule has 8 heteroatoms. The van der Waals surface area contributed by atoms with Crippen LogP contribution in [0.25, 0.3) is 23.0 Å². The Labute approximate surface area is 176 Å². The summed E-state index contributed by atoms with van der Waals surface area (Å²) in [5.41, 5.74) is 2.85. The molecule has 4 rings (SSSR count). The van der Waals surface area contributed by atoms with Gasteiger partial charge in [-0.05, 0) is 54.1 Å². The van der Waals surface area contributed by atoms with Crippen LogP contribution in [-0.4, -0.2) is 20.3 Å². The number of halogens is 1. The third-order valence-corrected chi connectivity index (χ3v) is 4.55. The first kappa shape index (κ1) is 19.4. The van der Waals surface area contributed by atoms with Crippen molar-refractivity contribution >= 4 is 35.0 Å². The van der Waals surface area contributed by atoms with Crippen molar-refractivity contribution in [3.8, 4) is 17.0 Å². The predicted octanol–water partition coefficient (Wildman–Crippen LogP) is 5.18. The van der Waals surface area contributed by atoms with Crippen LogP contribution in [0.1, 0.15) is 5.56 Å². The van der Waals surface area contributed by atoms with E-state index in [1.54, 1.807) is 71.3 Å². The summed E-state index contributed by atoms with van der Waals surface area (Å²) in [7, 11) is 0. The molecule has 0 aliphatic rings. The molecule has 0 saturated carbocycles. The van der Waals surface area contributed by atoms with Gasteiger partial charge < -0.3 is 4.74 Å². The van der Waals surface area contributed by atoms with Gasteiger partial charge in [-0.25, -0.2) is 9.78 Å². The molecule has 0 N–H and O–H groups in total. The number of esters is 1. The number of carbonyl (C=O) groups excluding carboxylic acids is 1. The molecule has 2 heterocycles. The Morgan fingerprint density at radius 3 is 2.47 bits per heavy atom. The summed E-state index contributed by atoms with van der Waals surface area (Å²) < 4.78 is 6.90. The molecule has 7 nitrogen and oxygen atoms in total. The Morgan fingerprint density at radius 2 is 1.77 bits per heavy atom. The van der Waals surface area contributed by atoms with E-state index in [-0.39, 0.29) is 5.69 Å². The molecular weight excluding hydrogens is 406 g/mol. The highest BCUT2D eigenvalue weighted by Crippen LogP contribution is 2.23. The van der Waals surface area contributed by atoms with Crippen LogP contribution in [0.15, 0.2) is 79.1 Å². The van der Waals surface area contributed by atoms with Crippen LogP contribution >= 0.6 is 11.6 Å². The molecule has 0 saturated heterocycles. The Bertz CT molecular complexity index is 1260. The highest BCUT2D eigenvalue weighted by Gasteiger charge is 2.10. The van der Waals surface area contributed by atoms with Crippen molar-refractivity contribution in [2.24, 2.45) is 0 Å². The first-order valence-corrected chi connectivity index (χ1v) is 9.25. The van der Waals surface area contributed by atoms with Crippen LogP contribution in [0.3, 0.4) is 0 Å². The predicted molar refractivity (Wildman–Crippen MR) is 113 cm³/mol. The standard InChI is InChI=1S/C22H14ClN3O4/c23-17-6-1-15(2-7-17)3-12-22(27)30-19-9-4-16(5-10-19)20-14-25-13-18(26(28)29)8-11-21(25)24-20/h1-14H/b12-3+. The number of pyridine rings is 1. The molecule has 0 aliphatic heterocycles. The molecule has 0 fully saturated rings. The maximum Gasteiger partial charge on any atom is 0.336 e. The van der Waals surface area contributed by atoms with Crippen LogP contribution in [0.4, 0.5) is 5.69 Å². The van der Waals surface area contributed by atoms with E-state index in [0.717, 1.165) is 11.1 Å².